The molecule has 3 heterocycles. The molecular weight excluding hydrogens is 429 g/mol. The van der Waals surface area contributed by atoms with Crippen molar-refractivity contribution in [3.05, 3.63) is 58.4 Å². The number of nitrogens with one attached hydrogen (secondary N) is 1. The van der Waals surface area contributed by atoms with Crippen molar-refractivity contribution in [1.29, 1.82) is 0 Å². The number of aryl methyl sites for hydroxylation is 1. The van der Waals surface area contributed by atoms with Gasteiger partial charge >= 0.3 is 5.97 Å². The first-order valence-corrected chi connectivity index (χ1v) is 10.6. The van der Waals surface area contributed by atoms with Crippen LogP contribution in [-0.2, 0) is 6.54 Å². The molecule has 0 bridgehead atoms. The number of rotatable bonds is 6. The highest BCUT2D eigenvalue weighted by Gasteiger charge is 2.30. The van der Waals surface area contributed by atoms with E-state index in [2.05, 4.69) is 10.3 Å². The average Bonchev–Trinajstić information content (AvgIpc) is 3.21. The van der Waals surface area contributed by atoms with Crippen molar-refractivity contribution in [3.63, 3.8) is 0 Å². The molecule has 5 rings (SSSR count). The van der Waals surface area contributed by atoms with Crippen LogP contribution in [0.3, 0.4) is 0 Å². The Bertz CT molecular complexity index is 1480. The lowest BCUT2D eigenvalue weighted by molar-refractivity contribution is 0.0694. The van der Waals surface area contributed by atoms with Crippen molar-refractivity contribution in [2.45, 2.75) is 25.9 Å². The van der Waals surface area contributed by atoms with Gasteiger partial charge in [0.15, 0.2) is 11.6 Å². The molecule has 1 aliphatic rings. The first-order chi connectivity index (χ1) is 15.9. The summed E-state index contributed by atoms with van der Waals surface area (Å²) in [5, 5.41) is 12.3. The summed E-state index contributed by atoms with van der Waals surface area (Å²) >= 11 is 0. The van der Waals surface area contributed by atoms with Gasteiger partial charge in [-0.3, -0.25) is 4.79 Å². The molecule has 4 aromatic rings. The van der Waals surface area contributed by atoms with Crippen LogP contribution in [0.1, 0.15) is 29.7 Å². The lowest BCUT2D eigenvalue weighted by atomic mass is 10.0. The Labute approximate surface area is 187 Å². The van der Waals surface area contributed by atoms with Crippen LogP contribution in [-0.4, -0.2) is 38.3 Å². The first-order valence-electron chi connectivity index (χ1n) is 10.6. The predicted octanol–water partition coefficient (Wildman–Crippen LogP) is 3.23. The van der Waals surface area contributed by atoms with Gasteiger partial charge in [0.05, 0.1) is 40.0 Å². The van der Waals surface area contributed by atoms with Crippen LogP contribution in [0.4, 0.5) is 15.8 Å². The fraction of sp³-hybridized carbons (Fsp3) is 0.261. The molecule has 1 atom stereocenters. The summed E-state index contributed by atoms with van der Waals surface area (Å²) in [7, 11) is 0. The zero-order valence-corrected chi connectivity index (χ0v) is 17.8. The van der Waals surface area contributed by atoms with E-state index in [1.807, 2.05) is 35.8 Å². The first kappa shape index (κ1) is 20.8. The molecule has 0 aliphatic carbocycles. The SMILES string of the molecule is C[C@H]1COc2c(NCCCn3cnc4ccccc43)c(F)c(N)c3c(=O)c(C(=O)O)cn1c23. The fourth-order valence-corrected chi connectivity index (χ4v) is 4.31. The van der Waals surface area contributed by atoms with Gasteiger partial charge in [0.2, 0.25) is 5.43 Å². The molecule has 4 N–H and O–H groups in total. The Balaban J connectivity index is 1.49. The number of ether oxygens (including phenoxy) is 1. The Kier molecular flexibility index (Phi) is 4.92. The van der Waals surface area contributed by atoms with E-state index in [1.165, 1.54) is 6.20 Å². The third-order valence-corrected chi connectivity index (χ3v) is 5.98. The Morgan fingerprint density at radius 2 is 2.18 bits per heavy atom. The average molecular weight is 451 g/mol. The highest BCUT2D eigenvalue weighted by molar-refractivity contribution is 6.03. The van der Waals surface area contributed by atoms with E-state index in [9.17, 15) is 14.7 Å². The number of benzene rings is 2. The molecule has 33 heavy (non-hydrogen) atoms. The number of anilines is 2. The largest absolute Gasteiger partial charge is 0.487 e. The van der Waals surface area contributed by atoms with E-state index in [0.717, 1.165) is 11.0 Å². The number of carboxylic acid groups (broad SMARTS) is 1. The van der Waals surface area contributed by atoms with Crippen molar-refractivity contribution < 1.29 is 19.0 Å². The number of hydrogen-bond donors (Lipinski definition) is 3. The standard InChI is InChI=1S/C23H22FN5O4/c1-12-10-33-22-19(26-7-4-8-28-11-27-14-5-2-3-6-15(14)28)17(24)18(25)16-20(22)29(12)9-13(21(16)30)23(31)32/h2-3,5-6,9,11-12,26H,4,7-8,10,25H2,1H3,(H,31,32)/t12-/m0/s1. The minimum atomic E-state index is -1.39. The molecule has 0 fully saturated rings. The Hall–Kier alpha value is -4.08. The number of nitrogens with zero attached hydrogens (tertiary/aromatic N) is 3. The molecule has 0 amide bonds. The number of fused-ring (bicyclic) bond motifs is 1. The van der Waals surface area contributed by atoms with Gasteiger partial charge in [0, 0.05) is 19.3 Å². The Morgan fingerprint density at radius 1 is 1.39 bits per heavy atom. The van der Waals surface area contributed by atoms with Crippen LogP contribution in [0.5, 0.6) is 5.75 Å². The van der Waals surface area contributed by atoms with Gasteiger partial charge in [-0.2, -0.15) is 0 Å². The van der Waals surface area contributed by atoms with Crippen molar-refractivity contribution >= 4 is 39.3 Å². The van der Waals surface area contributed by atoms with Gasteiger partial charge in [0.25, 0.3) is 0 Å². The van der Waals surface area contributed by atoms with Crippen molar-refractivity contribution in [2.24, 2.45) is 0 Å². The lowest BCUT2D eigenvalue weighted by Crippen LogP contribution is -2.28. The van der Waals surface area contributed by atoms with Crippen LogP contribution in [0.2, 0.25) is 0 Å². The van der Waals surface area contributed by atoms with Crippen LogP contribution < -0.4 is 21.2 Å². The number of carbonyl (C=O) groups is 1. The highest BCUT2D eigenvalue weighted by atomic mass is 19.1. The third kappa shape index (κ3) is 3.25. The fourth-order valence-electron chi connectivity index (χ4n) is 4.31. The second kappa shape index (κ2) is 7.80. The molecular formula is C23H22FN5O4. The molecule has 0 radical (unpaired) electrons. The monoisotopic (exact) mass is 451 g/mol. The summed E-state index contributed by atoms with van der Waals surface area (Å²) < 4.78 is 24.7. The number of aromatic nitrogens is 3. The Morgan fingerprint density at radius 3 is 2.97 bits per heavy atom. The molecule has 2 aromatic heterocycles. The molecule has 170 valence electrons. The lowest BCUT2D eigenvalue weighted by Gasteiger charge is -2.29. The molecule has 2 aromatic carbocycles. The van der Waals surface area contributed by atoms with E-state index in [4.69, 9.17) is 10.5 Å². The number of carboxylic acids is 1. The van der Waals surface area contributed by atoms with Crippen molar-refractivity contribution in [2.75, 3.05) is 24.2 Å². The summed E-state index contributed by atoms with van der Waals surface area (Å²) in [6.07, 6.45) is 3.71. The van der Waals surface area contributed by atoms with Crippen molar-refractivity contribution in [1.82, 2.24) is 14.1 Å². The number of imidazole rings is 1. The van der Waals surface area contributed by atoms with Crippen molar-refractivity contribution in [3.8, 4) is 5.75 Å². The number of pyridine rings is 1. The normalized spacial score (nSPS) is 15.0. The minimum absolute atomic E-state index is 0.0682. The van der Waals surface area contributed by atoms with Crippen LogP contribution in [0, 0.1) is 5.82 Å². The van der Waals surface area contributed by atoms with E-state index in [0.29, 0.717) is 25.0 Å². The predicted molar refractivity (Wildman–Crippen MR) is 123 cm³/mol. The number of hydrogen-bond acceptors (Lipinski definition) is 6. The molecule has 9 nitrogen and oxygen atoms in total. The quantitative estimate of drug-likeness (QED) is 0.304. The van der Waals surface area contributed by atoms with Crippen LogP contribution in [0.25, 0.3) is 21.9 Å². The zero-order chi connectivity index (χ0) is 23.3. The number of nitrogen functional groups attached to an aromatic ring is 1. The number of nitrogens with two attached hydrogens (primary N) is 1. The maximum Gasteiger partial charge on any atom is 0.341 e. The van der Waals surface area contributed by atoms with Gasteiger partial charge in [-0.05, 0) is 25.5 Å². The van der Waals surface area contributed by atoms with Crippen LogP contribution >= 0.6 is 0 Å². The topological polar surface area (TPSA) is 124 Å². The van der Waals surface area contributed by atoms with Crippen LogP contribution in [0.15, 0.2) is 41.6 Å². The number of aromatic carboxylic acids is 1. The smallest absolute Gasteiger partial charge is 0.341 e. The number of para-hydroxylation sites is 2. The molecule has 1 aliphatic heterocycles. The van der Waals surface area contributed by atoms with Gasteiger partial charge in [0.1, 0.15) is 17.9 Å². The molecule has 0 saturated carbocycles. The summed E-state index contributed by atoms with van der Waals surface area (Å²) in [5.41, 5.74) is 6.62. The molecule has 0 spiro atoms. The van der Waals surface area contributed by atoms with E-state index < -0.39 is 28.5 Å². The summed E-state index contributed by atoms with van der Waals surface area (Å²) in [5.74, 6) is -2.05. The second-order valence-electron chi connectivity index (χ2n) is 8.11. The minimum Gasteiger partial charge on any atom is -0.487 e. The van der Waals surface area contributed by atoms with Gasteiger partial charge in [-0.25, -0.2) is 14.2 Å². The van der Waals surface area contributed by atoms with Gasteiger partial charge < -0.3 is 30.0 Å². The van der Waals surface area contributed by atoms with Gasteiger partial charge in [-0.1, -0.05) is 12.1 Å². The second-order valence-corrected chi connectivity index (χ2v) is 8.11. The molecule has 10 heteroatoms. The summed E-state index contributed by atoms with van der Waals surface area (Å²) in [6, 6.07) is 7.55. The third-order valence-electron chi connectivity index (χ3n) is 5.98. The zero-order valence-electron chi connectivity index (χ0n) is 17.8. The van der Waals surface area contributed by atoms with E-state index in [1.54, 1.807) is 10.9 Å². The summed E-state index contributed by atoms with van der Waals surface area (Å²) in [6.45, 7) is 3.10. The number of halogens is 1. The van der Waals surface area contributed by atoms with Gasteiger partial charge in [-0.15, -0.1) is 0 Å². The molecule has 0 saturated heterocycles. The highest BCUT2D eigenvalue weighted by Crippen LogP contribution is 2.43. The summed E-state index contributed by atoms with van der Waals surface area (Å²) in [4.78, 5) is 28.7. The van der Waals surface area contributed by atoms with E-state index in [-0.39, 0.29) is 29.5 Å². The maximum absolute atomic E-state index is 15.3. The van der Waals surface area contributed by atoms with E-state index >= 15 is 4.39 Å². The maximum atomic E-state index is 15.3. The molecule has 0 unspecified atom stereocenters.